The van der Waals surface area contributed by atoms with Crippen LogP contribution in [-0.4, -0.2) is 43.1 Å². The van der Waals surface area contributed by atoms with Gasteiger partial charge in [0.05, 0.1) is 25.8 Å². The number of carbonyl (C=O) groups is 1. The second-order valence-electron chi connectivity index (χ2n) is 7.22. The van der Waals surface area contributed by atoms with Crippen LogP contribution in [0.1, 0.15) is 11.1 Å². The van der Waals surface area contributed by atoms with Gasteiger partial charge in [0.15, 0.2) is 0 Å². The van der Waals surface area contributed by atoms with Crippen LogP contribution in [0.4, 0.5) is 17.3 Å². The van der Waals surface area contributed by atoms with E-state index in [0.717, 1.165) is 41.6 Å². The van der Waals surface area contributed by atoms with Gasteiger partial charge in [-0.3, -0.25) is 4.79 Å². The topological polar surface area (TPSA) is 70.6 Å². The number of rotatable bonds is 6. The lowest BCUT2D eigenvalue weighted by Gasteiger charge is -2.21. The molecule has 0 bridgehead atoms. The van der Waals surface area contributed by atoms with E-state index in [9.17, 15) is 4.79 Å². The third-order valence-electron chi connectivity index (χ3n) is 5.21. The van der Waals surface area contributed by atoms with Gasteiger partial charge in [-0.2, -0.15) is 0 Å². The van der Waals surface area contributed by atoms with Crippen LogP contribution in [0.5, 0.6) is 5.75 Å². The van der Waals surface area contributed by atoms with Gasteiger partial charge in [-0.25, -0.2) is 9.97 Å². The van der Waals surface area contributed by atoms with Gasteiger partial charge in [0.1, 0.15) is 23.7 Å². The van der Waals surface area contributed by atoms with Crippen LogP contribution in [-0.2, 0) is 17.8 Å². The largest absolute Gasteiger partial charge is 0.497 e. The SMILES string of the molecule is COc1ccc(CCNc2ncnc3c2CN(c2ccccc2)C(=O)CN3C)cc1. The first-order chi connectivity index (χ1) is 14.7. The molecule has 3 aromatic rings. The van der Waals surface area contributed by atoms with E-state index in [1.807, 2.05) is 54.4 Å². The Labute approximate surface area is 176 Å². The van der Waals surface area contributed by atoms with E-state index in [1.165, 1.54) is 5.56 Å². The fourth-order valence-corrected chi connectivity index (χ4v) is 3.60. The van der Waals surface area contributed by atoms with E-state index < -0.39 is 0 Å². The molecular weight excluding hydrogens is 378 g/mol. The molecule has 0 fully saturated rings. The number of ether oxygens (including phenoxy) is 1. The minimum Gasteiger partial charge on any atom is -0.497 e. The Morgan fingerprint density at radius 2 is 1.80 bits per heavy atom. The Morgan fingerprint density at radius 3 is 2.53 bits per heavy atom. The molecule has 1 N–H and O–H groups in total. The Morgan fingerprint density at radius 1 is 1.03 bits per heavy atom. The average molecular weight is 403 g/mol. The summed E-state index contributed by atoms with van der Waals surface area (Å²) in [7, 11) is 3.55. The van der Waals surface area contributed by atoms with Gasteiger partial charge in [0, 0.05) is 19.3 Å². The fourth-order valence-electron chi connectivity index (χ4n) is 3.60. The van der Waals surface area contributed by atoms with Crippen molar-refractivity contribution in [3.05, 3.63) is 72.1 Å². The molecule has 7 heteroatoms. The zero-order chi connectivity index (χ0) is 20.9. The zero-order valence-electron chi connectivity index (χ0n) is 17.2. The number of nitrogens with zero attached hydrogens (tertiary/aromatic N) is 4. The van der Waals surface area contributed by atoms with Crippen molar-refractivity contribution in [1.29, 1.82) is 0 Å². The molecule has 1 aliphatic rings. The van der Waals surface area contributed by atoms with Crippen LogP contribution in [0, 0.1) is 0 Å². The van der Waals surface area contributed by atoms with Gasteiger partial charge >= 0.3 is 0 Å². The number of hydrogen-bond acceptors (Lipinski definition) is 6. The Bertz CT molecular complexity index is 1010. The highest BCUT2D eigenvalue weighted by Gasteiger charge is 2.27. The molecule has 2 aromatic carbocycles. The normalized spacial score (nSPS) is 13.6. The maximum atomic E-state index is 12.9. The lowest BCUT2D eigenvalue weighted by molar-refractivity contribution is -0.117. The van der Waals surface area contributed by atoms with Crippen molar-refractivity contribution in [1.82, 2.24) is 9.97 Å². The summed E-state index contributed by atoms with van der Waals surface area (Å²) in [6, 6.07) is 17.8. The molecule has 0 aliphatic carbocycles. The van der Waals surface area contributed by atoms with E-state index in [0.29, 0.717) is 6.54 Å². The van der Waals surface area contributed by atoms with Gasteiger partial charge in [0.2, 0.25) is 5.91 Å². The van der Waals surface area contributed by atoms with Crippen molar-refractivity contribution < 1.29 is 9.53 Å². The van der Waals surface area contributed by atoms with Crippen molar-refractivity contribution in [3.8, 4) is 5.75 Å². The molecule has 0 spiro atoms. The second kappa shape index (κ2) is 8.82. The van der Waals surface area contributed by atoms with Crippen LogP contribution in [0.15, 0.2) is 60.9 Å². The lowest BCUT2D eigenvalue weighted by atomic mass is 10.1. The van der Waals surface area contributed by atoms with Crippen molar-refractivity contribution in [3.63, 3.8) is 0 Å². The monoisotopic (exact) mass is 403 g/mol. The number of carbonyl (C=O) groups excluding carboxylic acids is 1. The number of anilines is 3. The summed E-state index contributed by atoms with van der Waals surface area (Å²) < 4.78 is 5.21. The highest BCUT2D eigenvalue weighted by molar-refractivity contribution is 5.97. The summed E-state index contributed by atoms with van der Waals surface area (Å²) in [6.07, 6.45) is 2.40. The summed E-state index contributed by atoms with van der Waals surface area (Å²) in [5.74, 6) is 2.42. The molecule has 0 radical (unpaired) electrons. The Kier molecular flexibility index (Phi) is 5.79. The number of hydrogen-bond donors (Lipinski definition) is 1. The van der Waals surface area contributed by atoms with Gasteiger partial charge in [0.25, 0.3) is 0 Å². The van der Waals surface area contributed by atoms with Crippen LogP contribution in [0.2, 0.25) is 0 Å². The van der Waals surface area contributed by atoms with Crippen molar-refractivity contribution in [2.75, 3.05) is 42.4 Å². The second-order valence-corrected chi connectivity index (χ2v) is 7.22. The van der Waals surface area contributed by atoms with Crippen molar-refractivity contribution >= 4 is 23.2 Å². The lowest BCUT2D eigenvalue weighted by Crippen LogP contribution is -2.35. The van der Waals surface area contributed by atoms with E-state index in [-0.39, 0.29) is 12.5 Å². The molecule has 2 heterocycles. The molecule has 4 rings (SSSR count). The van der Waals surface area contributed by atoms with Gasteiger partial charge in [-0.15, -0.1) is 0 Å². The highest BCUT2D eigenvalue weighted by Crippen LogP contribution is 2.29. The van der Waals surface area contributed by atoms with Crippen LogP contribution in [0.3, 0.4) is 0 Å². The maximum absolute atomic E-state index is 12.9. The molecule has 1 aromatic heterocycles. The smallest absolute Gasteiger partial charge is 0.246 e. The number of aromatic nitrogens is 2. The maximum Gasteiger partial charge on any atom is 0.246 e. The standard InChI is InChI=1S/C23H25N5O2/c1-27-15-21(29)28(18-6-4-3-5-7-18)14-20-22(25-16-26-23(20)27)24-13-12-17-8-10-19(30-2)11-9-17/h3-11,16H,12-15H2,1-2H3,(H,24,25,26). The number of para-hydroxylation sites is 1. The number of amides is 1. The molecule has 154 valence electrons. The summed E-state index contributed by atoms with van der Waals surface area (Å²) in [6.45, 7) is 1.41. The minimum absolute atomic E-state index is 0.0332. The molecule has 0 atom stereocenters. The molecule has 0 unspecified atom stereocenters. The van der Waals surface area contributed by atoms with Crippen LogP contribution in [0.25, 0.3) is 0 Å². The molecule has 1 aliphatic heterocycles. The number of benzene rings is 2. The zero-order valence-corrected chi connectivity index (χ0v) is 17.2. The van der Waals surface area contributed by atoms with Crippen molar-refractivity contribution in [2.24, 2.45) is 0 Å². The third kappa shape index (κ3) is 4.20. The summed E-state index contributed by atoms with van der Waals surface area (Å²) >= 11 is 0. The average Bonchev–Trinajstić information content (AvgIpc) is 2.91. The van der Waals surface area contributed by atoms with Gasteiger partial charge < -0.3 is 19.9 Å². The number of likely N-dealkylation sites (N-methyl/N-ethyl adjacent to an activating group) is 1. The van der Waals surface area contributed by atoms with Crippen LogP contribution >= 0.6 is 0 Å². The number of fused-ring (bicyclic) bond motifs is 1. The van der Waals surface area contributed by atoms with Gasteiger partial charge in [-0.1, -0.05) is 30.3 Å². The first-order valence-electron chi connectivity index (χ1n) is 9.93. The number of methoxy groups -OCH3 is 1. The predicted octanol–water partition coefficient (Wildman–Crippen LogP) is 3.12. The molecule has 30 heavy (non-hydrogen) atoms. The minimum atomic E-state index is 0.0332. The molecule has 0 saturated heterocycles. The quantitative estimate of drug-likeness (QED) is 0.682. The first kappa shape index (κ1) is 19.7. The fraction of sp³-hybridized carbons (Fsp3) is 0.261. The summed E-state index contributed by atoms with van der Waals surface area (Å²) in [5.41, 5.74) is 3.00. The van der Waals surface area contributed by atoms with E-state index in [1.54, 1.807) is 18.3 Å². The highest BCUT2D eigenvalue weighted by atomic mass is 16.5. The number of nitrogens with one attached hydrogen (secondary N) is 1. The summed E-state index contributed by atoms with van der Waals surface area (Å²) in [4.78, 5) is 25.5. The third-order valence-corrected chi connectivity index (χ3v) is 5.21. The van der Waals surface area contributed by atoms with Crippen molar-refractivity contribution in [2.45, 2.75) is 13.0 Å². The summed E-state index contributed by atoms with van der Waals surface area (Å²) in [5, 5.41) is 3.44. The van der Waals surface area contributed by atoms with E-state index >= 15 is 0 Å². The molecule has 7 nitrogen and oxygen atoms in total. The Hall–Kier alpha value is -3.61. The predicted molar refractivity (Wildman–Crippen MR) is 118 cm³/mol. The molecule has 1 amide bonds. The van der Waals surface area contributed by atoms with Crippen LogP contribution < -0.4 is 19.9 Å². The van der Waals surface area contributed by atoms with E-state index in [2.05, 4.69) is 27.4 Å². The first-order valence-corrected chi connectivity index (χ1v) is 9.93. The van der Waals surface area contributed by atoms with E-state index in [4.69, 9.17) is 4.74 Å². The van der Waals surface area contributed by atoms with Gasteiger partial charge in [-0.05, 0) is 36.2 Å². The Balaban J connectivity index is 1.54. The molecular formula is C23H25N5O2. The molecule has 0 saturated carbocycles.